The van der Waals surface area contributed by atoms with Crippen molar-refractivity contribution in [2.24, 2.45) is 4.99 Å². The number of nitrogens with zero attached hydrogens (tertiary/aromatic N) is 3. The Hall–Kier alpha value is -2.86. The van der Waals surface area contributed by atoms with Crippen LogP contribution in [0, 0.1) is 11.3 Å². The maximum Gasteiger partial charge on any atom is 0.339 e. The molecule has 2 atom stereocenters. The molecule has 148 valence electrons. The van der Waals surface area contributed by atoms with Gasteiger partial charge in [0.25, 0.3) is 5.91 Å². The Morgan fingerprint density at radius 3 is 2.75 bits per heavy atom. The van der Waals surface area contributed by atoms with Crippen LogP contribution in [0.15, 0.2) is 29.3 Å². The maximum absolute atomic E-state index is 12.3. The predicted octanol–water partition coefficient (Wildman–Crippen LogP) is 2.42. The minimum absolute atomic E-state index is 0.0160. The molecule has 9 heteroatoms. The lowest BCUT2D eigenvalue weighted by Gasteiger charge is -2.19. The Kier molecular flexibility index (Phi) is 7.58. The standard InChI is InChI=1S/C19H22N4O4S/c1-4-23(5-2)19-22-17(25)15(28-19)10-16(24)21-14-8-6-7-13(9-14)18(26)27-12(3)11-20/h6-9,12,15H,4-5,10H2,1-3H3,(H,21,24)/t12-,15+/m1/s1. The topological polar surface area (TPSA) is 112 Å². The maximum atomic E-state index is 12.3. The molecule has 28 heavy (non-hydrogen) atoms. The van der Waals surface area contributed by atoms with E-state index in [-0.39, 0.29) is 23.8 Å². The molecule has 0 aromatic heterocycles. The van der Waals surface area contributed by atoms with Crippen LogP contribution in [0.4, 0.5) is 5.69 Å². The number of benzene rings is 1. The molecule has 1 aliphatic heterocycles. The first-order valence-electron chi connectivity index (χ1n) is 8.92. The number of amidine groups is 1. The quantitative estimate of drug-likeness (QED) is 0.697. The smallest absolute Gasteiger partial charge is 0.339 e. The average molecular weight is 402 g/mol. The van der Waals surface area contributed by atoms with Gasteiger partial charge >= 0.3 is 5.97 Å². The lowest BCUT2D eigenvalue weighted by molar-refractivity contribution is -0.121. The number of amides is 2. The second kappa shape index (κ2) is 9.90. The van der Waals surface area contributed by atoms with Gasteiger partial charge in [-0.15, -0.1) is 0 Å². The Morgan fingerprint density at radius 1 is 1.39 bits per heavy atom. The van der Waals surface area contributed by atoms with Crippen LogP contribution in [0.2, 0.25) is 0 Å². The lowest BCUT2D eigenvalue weighted by atomic mass is 10.2. The van der Waals surface area contributed by atoms with Crippen molar-refractivity contribution in [3.63, 3.8) is 0 Å². The summed E-state index contributed by atoms with van der Waals surface area (Å²) in [5.74, 6) is -1.31. The van der Waals surface area contributed by atoms with E-state index in [0.717, 1.165) is 13.1 Å². The number of rotatable bonds is 7. The van der Waals surface area contributed by atoms with Crippen LogP contribution in [0.3, 0.4) is 0 Å². The fourth-order valence-corrected chi connectivity index (χ4v) is 3.69. The molecule has 8 nitrogen and oxygen atoms in total. The van der Waals surface area contributed by atoms with Crippen LogP contribution in [-0.4, -0.2) is 52.3 Å². The van der Waals surface area contributed by atoms with E-state index >= 15 is 0 Å². The van der Waals surface area contributed by atoms with E-state index in [1.165, 1.54) is 30.8 Å². The molecule has 0 radical (unpaired) electrons. The number of carbonyl (C=O) groups is 3. The largest absolute Gasteiger partial charge is 0.444 e. The fourth-order valence-electron chi connectivity index (χ4n) is 2.50. The highest BCUT2D eigenvalue weighted by atomic mass is 32.2. The Balaban J connectivity index is 1.95. The number of ether oxygens (including phenoxy) is 1. The van der Waals surface area contributed by atoms with Gasteiger partial charge in [-0.2, -0.15) is 10.3 Å². The molecule has 1 N–H and O–H groups in total. The highest BCUT2D eigenvalue weighted by molar-refractivity contribution is 8.15. The SMILES string of the molecule is CCN(CC)C1=NC(=O)[C@H](CC(=O)Nc2cccc(C(=O)O[C@H](C)C#N)c2)S1. The van der Waals surface area contributed by atoms with Gasteiger partial charge in [-0.05, 0) is 39.0 Å². The van der Waals surface area contributed by atoms with E-state index < -0.39 is 17.3 Å². The number of carbonyl (C=O) groups excluding carboxylic acids is 3. The molecular formula is C19H22N4O4S. The highest BCUT2D eigenvalue weighted by Gasteiger charge is 2.32. The zero-order valence-electron chi connectivity index (χ0n) is 16.0. The molecule has 1 heterocycles. The third-order valence-electron chi connectivity index (χ3n) is 3.98. The number of thioether (sulfide) groups is 1. The van der Waals surface area contributed by atoms with Crippen LogP contribution in [0.25, 0.3) is 0 Å². The Labute approximate surface area is 167 Å². The molecule has 2 amide bonds. The van der Waals surface area contributed by atoms with Gasteiger partial charge < -0.3 is 15.0 Å². The lowest BCUT2D eigenvalue weighted by Crippen LogP contribution is -2.27. The summed E-state index contributed by atoms with van der Waals surface area (Å²) in [6.45, 7) is 6.90. The number of anilines is 1. The Morgan fingerprint density at radius 2 is 2.11 bits per heavy atom. The first-order chi connectivity index (χ1) is 13.4. The predicted molar refractivity (Wildman–Crippen MR) is 107 cm³/mol. The third kappa shape index (κ3) is 5.57. The van der Waals surface area contributed by atoms with Crippen LogP contribution < -0.4 is 5.32 Å². The van der Waals surface area contributed by atoms with Crippen molar-refractivity contribution >= 4 is 40.4 Å². The van der Waals surface area contributed by atoms with Crippen LogP contribution in [0.5, 0.6) is 0 Å². The molecular weight excluding hydrogens is 380 g/mol. The number of esters is 1. The van der Waals surface area contributed by atoms with Crippen LogP contribution in [-0.2, 0) is 14.3 Å². The van der Waals surface area contributed by atoms with Crippen molar-refractivity contribution < 1.29 is 19.1 Å². The molecule has 1 aromatic carbocycles. The molecule has 0 bridgehead atoms. The molecule has 0 fully saturated rings. The molecule has 0 aliphatic carbocycles. The summed E-state index contributed by atoms with van der Waals surface area (Å²) in [6.07, 6.45) is -0.881. The van der Waals surface area contributed by atoms with E-state index in [2.05, 4.69) is 10.3 Å². The molecule has 0 saturated heterocycles. The molecule has 2 rings (SSSR count). The summed E-state index contributed by atoms with van der Waals surface area (Å²) in [5, 5.41) is 11.5. The Bertz CT molecular complexity index is 829. The van der Waals surface area contributed by atoms with E-state index in [0.29, 0.717) is 10.9 Å². The van der Waals surface area contributed by atoms with Crippen molar-refractivity contribution in [2.75, 3.05) is 18.4 Å². The van der Waals surface area contributed by atoms with E-state index in [9.17, 15) is 14.4 Å². The highest BCUT2D eigenvalue weighted by Crippen LogP contribution is 2.27. The minimum Gasteiger partial charge on any atom is -0.444 e. The van der Waals surface area contributed by atoms with Gasteiger partial charge in [0.05, 0.1) is 5.56 Å². The number of nitriles is 1. The zero-order chi connectivity index (χ0) is 20.7. The van der Waals surface area contributed by atoms with Crippen molar-refractivity contribution in [1.29, 1.82) is 5.26 Å². The number of hydrogen-bond donors (Lipinski definition) is 1. The van der Waals surface area contributed by atoms with Gasteiger partial charge in [0.1, 0.15) is 11.3 Å². The van der Waals surface area contributed by atoms with Gasteiger partial charge in [0.15, 0.2) is 11.3 Å². The van der Waals surface area contributed by atoms with E-state index in [1.54, 1.807) is 12.1 Å². The molecule has 0 saturated carbocycles. The van der Waals surface area contributed by atoms with Gasteiger partial charge in [0.2, 0.25) is 5.91 Å². The van der Waals surface area contributed by atoms with Gasteiger partial charge in [-0.3, -0.25) is 9.59 Å². The summed E-state index contributed by atoms with van der Waals surface area (Å²) < 4.78 is 4.94. The van der Waals surface area contributed by atoms with E-state index in [1.807, 2.05) is 24.8 Å². The minimum atomic E-state index is -0.865. The zero-order valence-corrected chi connectivity index (χ0v) is 16.8. The molecule has 0 unspecified atom stereocenters. The van der Waals surface area contributed by atoms with Crippen molar-refractivity contribution in [3.05, 3.63) is 29.8 Å². The summed E-state index contributed by atoms with van der Waals surface area (Å²) in [4.78, 5) is 42.4. The monoisotopic (exact) mass is 402 g/mol. The van der Waals surface area contributed by atoms with Gasteiger partial charge in [0, 0.05) is 25.2 Å². The summed E-state index contributed by atoms with van der Waals surface area (Å²) >= 11 is 1.29. The molecule has 1 aliphatic rings. The number of hydrogen-bond acceptors (Lipinski definition) is 7. The van der Waals surface area contributed by atoms with Crippen LogP contribution in [0.1, 0.15) is 37.6 Å². The first-order valence-corrected chi connectivity index (χ1v) is 9.80. The van der Waals surface area contributed by atoms with Gasteiger partial charge in [-0.25, -0.2) is 4.79 Å². The summed E-state index contributed by atoms with van der Waals surface area (Å²) in [6, 6.07) is 8.04. The van der Waals surface area contributed by atoms with Crippen molar-refractivity contribution in [2.45, 2.75) is 38.5 Å². The van der Waals surface area contributed by atoms with Crippen molar-refractivity contribution in [1.82, 2.24) is 4.90 Å². The van der Waals surface area contributed by atoms with Crippen molar-refractivity contribution in [3.8, 4) is 6.07 Å². The third-order valence-corrected chi connectivity index (χ3v) is 5.19. The second-order valence-electron chi connectivity index (χ2n) is 6.02. The van der Waals surface area contributed by atoms with Gasteiger partial charge in [-0.1, -0.05) is 17.8 Å². The molecule has 0 spiro atoms. The van der Waals surface area contributed by atoms with E-state index in [4.69, 9.17) is 10.00 Å². The van der Waals surface area contributed by atoms with Crippen LogP contribution >= 0.6 is 11.8 Å². The molecule has 1 aromatic rings. The second-order valence-corrected chi connectivity index (χ2v) is 7.19. The average Bonchev–Trinajstić information content (AvgIpc) is 3.02. The summed E-state index contributed by atoms with van der Waals surface area (Å²) in [5.41, 5.74) is 0.628. The normalized spacial score (nSPS) is 16.7. The summed E-state index contributed by atoms with van der Waals surface area (Å²) in [7, 11) is 0. The fraction of sp³-hybridized carbons (Fsp3) is 0.421. The number of aliphatic imine (C=N–C) groups is 1. The number of nitrogens with one attached hydrogen (secondary N) is 1. The first kappa shape index (κ1) is 21.4.